The van der Waals surface area contributed by atoms with Crippen molar-refractivity contribution in [2.45, 2.75) is 32.6 Å². The van der Waals surface area contributed by atoms with Crippen LogP contribution in [0.3, 0.4) is 0 Å². The summed E-state index contributed by atoms with van der Waals surface area (Å²) in [5.74, 6) is -0.443. The number of esters is 1. The zero-order valence-corrected chi connectivity index (χ0v) is 11.4. The molecule has 0 atom stereocenters. The van der Waals surface area contributed by atoms with Crippen LogP contribution in [0.1, 0.15) is 41.5 Å². The molecule has 0 unspecified atom stereocenters. The zero-order chi connectivity index (χ0) is 13.4. The minimum Gasteiger partial charge on any atom is -0.461 e. The first-order chi connectivity index (χ1) is 9.20. The number of carbonyl (C=O) groups excluding carboxylic acids is 1. The van der Waals surface area contributed by atoms with E-state index in [1.54, 1.807) is 13.0 Å². The van der Waals surface area contributed by atoms with Gasteiger partial charge in [-0.05, 0) is 32.6 Å². The Morgan fingerprint density at radius 2 is 2.26 bits per heavy atom. The summed E-state index contributed by atoms with van der Waals surface area (Å²) < 4.78 is 6.46. The van der Waals surface area contributed by atoms with E-state index in [4.69, 9.17) is 16.3 Å². The molecular weight excluding hydrogens is 266 g/mol. The van der Waals surface area contributed by atoms with Gasteiger partial charge in [-0.2, -0.15) is 5.10 Å². The van der Waals surface area contributed by atoms with Gasteiger partial charge in [0.1, 0.15) is 5.15 Å². The molecule has 3 rings (SSSR count). The number of halogens is 1. The average Bonchev–Trinajstić information content (AvgIpc) is 2.84. The molecule has 5 nitrogen and oxygen atoms in total. The number of ether oxygens (including phenoxy) is 1. The van der Waals surface area contributed by atoms with Crippen LogP contribution in [-0.2, 0) is 17.6 Å². The number of rotatable bonds is 2. The monoisotopic (exact) mass is 279 g/mol. The second-order valence-electron chi connectivity index (χ2n) is 4.56. The Labute approximate surface area is 115 Å². The smallest absolute Gasteiger partial charge is 0.358 e. The number of nitrogens with zero attached hydrogens (tertiary/aromatic N) is 3. The third-order valence-corrected chi connectivity index (χ3v) is 3.69. The molecule has 0 N–H and O–H groups in total. The third kappa shape index (κ3) is 2.08. The van der Waals surface area contributed by atoms with Gasteiger partial charge in [-0.3, -0.25) is 0 Å². The second kappa shape index (κ2) is 4.81. The standard InChI is InChI=1S/C13H14ClN3O2/c1-2-19-13(18)10-7-11-15-9-6-4-3-5-8(9)12(14)17(11)16-10/h7H,2-6H2,1H3. The molecule has 0 aromatic carbocycles. The maximum Gasteiger partial charge on any atom is 0.358 e. The van der Waals surface area contributed by atoms with E-state index in [1.165, 1.54) is 4.52 Å². The molecule has 2 aromatic heterocycles. The molecule has 1 aliphatic rings. The van der Waals surface area contributed by atoms with E-state index in [1.807, 2.05) is 0 Å². The van der Waals surface area contributed by atoms with Crippen LogP contribution in [0.25, 0.3) is 5.65 Å². The van der Waals surface area contributed by atoms with Gasteiger partial charge in [0.25, 0.3) is 0 Å². The van der Waals surface area contributed by atoms with Crippen molar-refractivity contribution in [1.29, 1.82) is 0 Å². The lowest BCUT2D eigenvalue weighted by Crippen LogP contribution is -2.10. The van der Waals surface area contributed by atoms with Crippen molar-refractivity contribution in [3.8, 4) is 0 Å². The molecule has 1 aliphatic carbocycles. The van der Waals surface area contributed by atoms with E-state index in [2.05, 4.69) is 10.1 Å². The van der Waals surface area contributed by atoms with Crippen molar-refractivity contribution in [2.24, 2.45) is 0 Å². The van der Waals surface area contributed by atoms with Crippen molar-refractivity contribution in [3.05, 3.63) is 28.2 Å². The number of hydrogen-bond donors (Lipinski definition) is 0. The zero-order valence-electron chi connectivity index (χ0n) is 10.6. The molecule has 0 bridgehead atoms. The molecule has 0 saturated heterocycles. The van der Waals surface area contributed by atoms with E-state index < -0.39 is 5.97 Å². The fourth-order valence-corrected chi connectivity index (χ4v) is 2.73. The van der Waals surface area contributed by atoms with Crippen LogP contribution < -0.4 is 0 Å². The van der Waals surface area contributed by atoms with E-state index in [0.29, 0.717) is 17.4 Å². The lowest BCUT2D eigenvalue weighted by molar-refractivity contribution is 0.0519. The maximum atomic E-state index is 11.7. The molecule has 0 fully saturated rings. The normalized spacial score (nSPS) is 14.4. The van der Waals surface area contributed by atoms with Crippen LogP contribution in [0.5, 0.6) is 0 Å². The predicted molar refractivity (Wildman–Crippen MR) is 70.6 cm³/mol. The molecule has 0 saturated carbocycles. The summed E-state index contributed by atoms with van der Waals surface area (Å²) in [5, 5.41) is 4.75. The number of fused-ring (bicyclic) bond motifs is 2. The van der Waals surface area contributed by atoms with Gasteiger partial charge in [0, 0.05) is 17.3 Å². The van der Waals surface area contributed by atoms with Crippen LogP contribution in [0.15, 0.2) is 6.07 Å². The van der Waals surface area contributed by atoms with Gasteiger partial charge in [0.05, 0.1) is 6.61 Å². The minimum absolute atomic E-state index is 0.249. The molecule has 0 radical (unpaired) electrons. The Morgan fingerprint density at radius 3 is 3.05 bits per heavy atom. The highest BCUT2D eigenvalue weighted by molar-refractivity contribution is 6.30. The molecule has 6 heteroatoms. The topological polar surface area (TPSA) is 56.5 Å². The predicted octanol–water partition coefficient (Wildman–Crippen LogP) is 2.44. The van der Waals surface area contributed by atoms with Gasteiger partial charge in [-0.1, -0.05) is 11.6 Å². The molecular formula is C13H14ClN3O2. The largest absolute Gasteiger partial charge is 0.461 e. The lowest BCUT2D eigenvalue weighted by Gasteiger charge is -2.16. The maximum absolute atomic E-state index is 11.7. The van der Waals surface area contributed by atoms with Gasteiger partial charge in [-0.15, -0.1) is 0 Å². The quantitative estimate of drug-likeness (QED) is 0.626. The van der Waals surface area contributed by atoms with E-state index >= 15 is 0 Å². The van der Waals surface area contributed by atoms with Crippen molar-refractivity contribution in [3.63, 3.8) is 0 Å². The highest BCUT2D eigenvalue weighted by Gasteiger charge is 2.20. The van der Waals surface area contributed by atoms with E-state index in [-0.39, 0.29) is 5.69 Å². The Balaban J connectivity index is 2.12. The highest BCUT2D eigenvalue weighted by atomic mass is 35.5. The highest BCUT2D eigenvalue weighted by Crippen LogP contribution is 2.27. The third-order valence-electron chi connectivity index (χ3n) is 3.30. The first-order valence-electron chi connectivity index (χ1n) is 6.45. The van der Waals surface area contributed by atoms with E-state index in [0.717, 1.165) is 36.9 Å². The first-order valence-corrected chi connectivity index (χ1v) is 6.82. The molecule has 0 aliphatic heterocycles. The molecule has 0 amide bonds. The van der Waals surface area contributed by atoms with Gasteiger partial charge >= 0.3 is 5.97 Å². The summed E-state index contributed by atoms with van der Waals surface area (Å²) >= 11 is 6.36. The lowest BCUT2D eigenvalue weighted by atomic mass is 9.97. The average molecular weight is 280 g/mol. The first kappa shape index (κ1) is 12.4. The number of aryl methyl sites for hydroxylation is 1. The van der Waals surface area contributed by atoms with Gasteiger partial charge in [0.2, 0.25) is 0 Å². The molecule has 100 valence electrons. The summed E-state index contributed by atoms with van der Waals surface area (Å²) in [6.07, 6.45) is 4.11. The van der Waals surface area contributed by atoms with Crippen LogP contribution in [0, 0.1) is 0 Å². The second-order valence-corrected chi connectivity index (χ2v) is 4.91. The van der Waals surface area contributed by atoms with Crippen molar-refractivity contribution in [2.75, 3.05) is 6.61 Å². The number of aromatic nitrogens is 3. The van der Waals surface area contributed by atoms with Crippen molar-refractivity contribution in [1.82, 2.24) is 14.6 Å². The Morgan fingerprint density at radius 1 is 1.47 bits per heavy atom. The van der Waals surface area contributed by atoms with Crippen LogP contribution >= 0.6 is 11.6 Å². The summed E-state index contributed by atoms with van der Waals surface area (Å²) in [6.45, 7) is 2.09. The van der Waals surface area contributed by atoms with Crippen molar-refractivity contribution < 1.29 is 9.53 Å². The molecule has 19 heavy (non-hydrogen) atoms. The van der Waals surface area contributed by atoms with Gasteiger partial charge in [0.15, 0.2) is 11.3 Å². The SMILES string of the molecule is CCOC(=O)c1cc2nc3c(c(Cl)n2n1)CCCC3. The Bertz CT molecular complexity index is 651. The van der Waals surface area contributed by atoms with Gasteiger partial charge in [-0.25, -0.2) is 14.3 Å². The minimum atomic E-state index is -0.443. The van der Waals surface area contributed by atoms with Crippen LogP contribution in [0.4, 0.5) is 0 Å². The van der Waals surface area contributed by atoms with Crippen LogP contribution in [-0.4, -0.2) is 27.2 Å². The Kier molecular flexibility index (Phi) is 3.14. The van der Waals surface area contributed by atoms with Gasteiger partial charge < -0.3 is 4.74 Å². The summed E-state index contributed by atoms with van der Waals surface area (Å²) in [7, 11) is 0. The number of hydrogen-bond acceptors (Lipinski definition) is 4. The summed E-state index contributed by atoms with van der Waals surface area (Å²) in [4.78, 5) is 16.2. The summed E-state index contributed by atoms with van der Waals surface area (Å²) in [6, 6.07) is 1.62. The van der Waals surface area contributed by atoms with Crippen molar-refractivity contribution >= 4 is 23.2 Å². The fourth-order valence-electron chi connectivity index (χ4n) is 2.40. The molecule has 2 heterocycles. The summed E-state index contributed by atoms with van der Waals surface area (Å²) in [5.41, 5.74) is 2.94. The number of carbonyl (C=O) groups is 1. The van der Waals surface area contributed by atoms with Crippen LogP contribution in [0.2, 0.25) is 5.15 Å². The molecule has 2 aromatic rings. The Hall–Kier alpha value is -1.62. The molecule has 0 spiro atoms. The van der Waals surface area contributed by atoms with E-state index in [9.17, 15) is 4.79 Å². The fraction of sp³-hybridized carbons (Fsp3) is 0.462.